The Morgan fingerprint density at radius 1 is 1.09 bits per heavy atom. The van der Waals surface area contributed by atoms with Gasteiger partial charge in [0.25, 0.3) is 0 Å². The Bertz CT molecular complexity index is 1320. The van der Waals surface area contributed by atoms with Gasteiger partial charge in [-0.05, 0) is 61.8 Å². The second-order valence-corrected chi connectivity index (χ2v) is 10.1. The van der Waals surface area contributed by atoms with Crippen molar-refractivity contribution in [3.8, 4) is 6.07 Å². The zero-order valence-corrected chi connectivity index (χ0v) is 21.1. The van der Waals surface area contributed by atoms with Crippen molar-refractivity contribution in [2.24, 2.45) is 7.05 Å². The highest BCUT2D eigenvalue weighted by atomic mass is 16.1. The average Bonchev–Trinajstić information content (AvgIpc) is 3.73. The molecular weight excluding hydrogens is 436 g/mol. The van der Waals surface area contributed by atoms with Crippen LogP contribution in [-0.2, 0) is 7.05 Å². The van der Waals surface area contributed by atoms with Crippen LogP contribution in [0.4, 0.5) is 5.82 Å². The molecular formula is C28H34N6O. The number of hydrogen-bond acceptors (Lipinski definition) is 6. The van der Waals surface area contributed by atoms with Crippen LogP contribution in [0.3, 0.4) is 0 Å². The Kier molecular flexibility index (Phi) is 6.33. The largest absolute Gasteiger partial charge is 0.349 e. The van der Waals surface area contributed by atoms with Gasteiger partial charge in [0.2, 0.25) is 0 Å². The van der Waals surface area contributed by atoms with E-state index in [1.54, 1.807) is 19.2 Å². The summed E-state index contributed by atoms with van der Waals surface area (Å²) in [5.74, 6) is 1.36. The Labute approximate surface area is 207 Å². The zero-order chi connectivity index (χ0) is 24.7. The van der Waals surface area contributed by atoms with Crippen molar-refractivity contribution in [1.29, 1.82) is 5.26 Å². The molecule has 2 fully saturated rings. The predicted molar refractivity (Wildman–Crippen MR) is 139 cm³/mol. The van der Waals surface area contributed by atoms with Crippen LogP contribution in [0, 0.1) is 11.3 Å². The SMILES string of the molecule is CCC(c1ccc(C2CC2)cc1)N1C[C@H](C)N(c2nc(=O)n(C)c3ccc(C#N)nc23)C[C@H]1CC. The van der Waals surface area contributed by atoms with Gasteiger partial charge < -0.3 is 4.90 Å². The Balaban J connectivity index is 1.48. The van der Waals surface area contributed by atoms with Gasteiger partial charge in [0, 0.05) is 38.3 Å². The molecule has 1 saturated carbocycles. The molecule has 1 aromatic carbocycles. The van der Waals surface area contributed by atoms with E-state index in [0.29, 0.717) is 34.6 Å². The number of nitriles is 1. The maximum absolute atomic E-state index is 12.7. The number of hydrogen-bond donors (Lipinski definition) is 0. The molecule has 3 aromatic rings. The van der Waals surface area contributed by atoms with Gasteiger partial charge in [-0.2, -0.15) is 10.2 Å². The summed E-state index contributed by atoms with van der Waals surface area (Å²) in [5.41, 5.74) is 4.20. The maximum atomic E-state index is 12.7. The fraction of sp³-hybridized carbons (Fsp3) is 0.500. The third kappa shape index (κ3) is 4.32. The van der Waals surface area contributed by atoms with Crippen LogP contribution in [0.1, 0.15) is 75.2 Å². The van der Waals surface area contributed by atoms with E-state index in [9.17, 15) is 10.1 Å². The van der Waals surface area contributed by atoms with Crippen molar-refractivity contribution < 1.29 is 0 Å². The number of piperazine rings is 1. The third-order valence-corrected chi connectivity index (χ3v) is 7.83. The number of fused-ring (bicyclic) bond motifs is 1. The topological polar surface area (TPSA) is 78.0 Å². The standard InChI is InChI=1S/C28H34N6O/c1-5-23-17-33(27-26-25(32(4)28(35)31-27)14-13-22(15-29)30-26)18(3)16-34(23)24(6-2)21-11-9-20(10-12-21)19-7-8-19/h9-14,18-19,23-24H,5-8,16-17H2,1-4H3/t18-,23+,24?/m0/s1. The number of aryl methyl sites for hydroxylation is 1. The predicted octanol–water partition coefficient (Wildman–Crippen LogP) is 4.52. The highest BCUT2D eigenvalue weighted by molar-refractivity contribution is 5.86. The van der Waals surface area contributed by atoms with E-state index in [1.807, 2.05) is 0 Å². The first-order valence-electron chi connectivity index (χ1n) is 12.8. The lowest BCUT2D eigenvalue weighted by atomic mass is 9.95. The quantitative estimate of drug-likeness (QED) is 0.527. The molecule has 2 aliphatic rings. The van der Waals surface area contributed by atoms with E-state index >= 15 is 0 Å². The van der Waals surface area contributed by atoms with Crippen molar-refractivity contribution in [2.45, 2.75) is 70.5 Å². The van der Waals surface area contributed by atoms with E-state index in [4.69, 9.17) is 0 Å². The molecule has 0 radical (unpaired) electrons. The van der Waals surface area contributed by atoms with E-state index in [0.717, 1.165) is 31.8 Å². The summed E-state index contributed by atoms with van der Waals surface area (Å²) < 4.78 is 1.50. The zero-order valence-electron chi connectivity index (χ0n) is 21.1. The number of pyridine rings is 1. The second kappa shape index (κ2) is 9.43. The van der Waals surface area contributed by atoms with Crippen molar-refractivity contribution in [3.05, 3.63) is 63.7 Å². The van der Waals surface area contributed by atoms with Crippen molar-refractivity contribution in [3.63, 3.8) is 0 Å². The summed E-state index contributed by atoms with van der Waals surface area (Å²) in [5, 5.41) is 9.41. The van der Waals surface area contributed by atoms with Crippen LogP contribution in [0.2, 0.25) is 0 Å². The molecule has 3 atom stereocenters. The summed E-state index contributed by atoms with van der Waals surface area (Å²) in [6.45, 7) is 8.34. The lowest BCUT2D eigenvalue weighted by Gasteiger charge is -2.49. The molecule has 1 unspecified atom stereocenters. The molecule has 7 nitrogen and oxygen atoms in total. The summed E-state index contributed by atoms with van der Waals surface area (Å²) in [4.78, 5) is 26.6. The fourth-order valence-corrected chi connectivity index (χ4v) is 5.64. The van der Waals surface area contributed by atoms with Crippen LogP contribution in [0.15, 0.2) is 41.2 Å². The van der Waals surface area contributed by atoms with E-state index < -0.39 is 0 Å². The van der Waals surface area contributed by atoms with Gasteiger partial charge in [0.15, 0.2) is 5.82 Å². The maximum Gasteiger partial charge on any atom is 0.349 e. The normalized spacial score (nSPS) is 21.7. The molecule has 1 saturated heterocycles. The van der Waals surface area contributed by atoms with E-state index in [2.05, 4.69) is 70.9 Å². The molecule has 182 valence electrons. The molecule has 2 aromatic heterocycles. The van der Waals surface area contributed by atoms with Gasteiger partial charge in [-0.3, -0.25) is 9.47 Å². The van der Waals surface area contributed by atoms with Crippen molar-refractivity contribution in [2.75, 3.05) is 18.0 Å². The molecule has 7 heteroatoms. The number of benzene rings is 1. The van der Waals surface area contributed by atoms with Crippen LogP contribution >= 0.6 is 0 Å². The molecule has 0 bridgehead atoms. The summed E-state index contributed by atoms with van der Waals surface area (Å²) in [6, 6.07) is 15.7. The summed E-state index contributed by atoms with van der Waals surface area (Å²) in [6.07, 6.45) is 4.69. The van der Waals surface area contributed by atoms with Gasteiger partial charge in [0.1, 0.15) is 17.3 Å². The molecule has 0 amide bonds. The molecule has 0 spiro atoms. The fourth-order valence-electron chi connectivity index (χ4n) is 5.64. The minimum Gasteiger partial charge on any atom is -0.349 e. The molecule has 3 heterocycles. The lowest BCUT2D eigenvalue weighted by Crippen LogP contribution is -2.58. The highest BCUT2D eigenvalue weighted by Crippen LogP contribution is 2.41. The van der Waals surface area contributed by atoms with Crippen LogP contribution in [0.5, 0.6) is 0 Å². The highest BCUT2D eigenvalue weighted by Gasteiger charge is 2.36. The Morgan fingerprint density at radius 3 is 2.46 bits per heavy atom. The number of rotatable bonds is 6. The molecule has 5 rings (SSSR count). The smallest absolute Gasteiger partial charge is 0.349 e. The first-order valence-corrected chi connectivity index (χ1v) is 12.8. The molecule has 1 aliphatic heterocycles. The van der Waals surface area contributed by atoms with E-state index in [1.165, 1.54) is 28.5 Å². The number of nitrogens with zero attached hydrogens (tertiary/aromatic N) is 6. The molecule has 0 N–H and O–H groups in total. The van der Waals surface area contributed by atoms with Gasteiger partial charge in [-0.15, -0.1) is 0 Å². The summed E-state index contributed by atoms with van der Waals surface area (Å²) >= 11 is 0. The second-order valence-electron chi connectivity index (χ2n) is 10.1. The van der Waals surface area contributed by atoms with Crippen LogP contribution in [-0.4, -0.2) is 44.6 Å². The van der Waals surface area contributed by atoms with Crippen molar-refractivity contribution in [1.82, 2.24) is 19.4 Å². The van der Waals surface area contributed by atoms with Gasteiger partial charge >= 0.3 is 5.69 Å². The first-order chi connectivity index (χ1) is 16.9. The Hall–Kier alpha value is -3.24. The minimum absolute atomic E-state index is 0.146. The molecule has 35 heavy (non-hydrogen) atoms. The molecule has 1 aliphatic carbocycles. The van der Waals surface area contributed by atoms with Crippen molar-refractivity contribution >= 4 is 16.9 Å². The average molecular weight is 471 g/mol. The first kappa shape index (κ1) is 23.5. The van der Waals surface area contributed by atoms with Crippen LogP contribution in [0.25, 0.3) is 11.0 Å². The van der Waals surface area contributed by atoms with E-state index in [-0.39, 0.29) is 11.7 Å². The number of aromatic nitrogens is 3. The summed E-state index contributed by atoms with van der Waals surface area (Å²) in [7, 11) is 1.70. The number of anilines is 1. The third-order valence-electron chi connectivity index (χ3n) is 7.83. The minimum atomic E-state index is -0.302. The monoisotopic (exact) mass is 470 g/mol. The van der Waals surface area contributed by atoms with Gasteiger partial charge in [-0.25, -0.2) is 9.78 Å². The lowest BCUT2D eigenvalue weighted by molar-refractivity contribution is 0.0939. The van der Waals surface area contributed by atoms with Gasteiger partial charge in [0.05, 0.1) is 5.52 Å². The Morgan fingerprint density at radius 2 is 1.83 bits per heavy atom. The van der Waals surface area contributed by atoms with Gasteiger partial charge in [-0.1, -0.05) is 38.1 Å². The van der Waals surface area contributed by atoms with Crippen LogP contribution < -0.4 is 10.6 Å².